The van der Waals surface area contributed by atoms with Gasteiger partial charge in [0.25, 0.3) is 0 Å². The molecule has 0 radical (unpaired) electrons. The van der Waals surface area contributed by atoms with Gasteiger partial charge in [-0.15, -0.1) is 5.73 Å². The fourth-order valence-electron chi connectivity index (χ4n) is 0.351. The van der Waals surface area contributed by atoms with Gasteiger partial charge in [-0.05, 0) is 26.8 Å². The van der Waals surface area contributed by atoms with Crippen LogP contribution in [-0.2, 0) is 4.74 Å². The molecule has 0 heterocycles. The Morgan fingerprint density at radius 2 is 2.11 bits per heavy atom. The summed E-state index contributed by atoms with van der Waals surface area (Å²) < 4.78 is 5.31. The minimum absolute atomic E-state index is 0.0483. The summed E-state index contributed by atoms with van der Waals surface area (Å²) in [5.41, 5.74) is 2.59. The molecule has 0 aromatic carbocycles. The van der Waals surface area contributed by atoms with E-state index in [1.54, 1.807) is 6.08 Å². The topological polar surface area (TPSA) is 9.23 Å². The van der Waals surface area contributed by atoms with Crippen LogP contribution >= 0.6 is 0 Å². The van der Waals surface area contributed by atoms with E-state index < -0.39 is 0 Å². The Bertz CT molecular complexity index is 113. The molecule has 0 bridgehead atoms. The van der Waals surface area contributed by atoms with Crippen LogP contribution in [0.1, 0.15) is 20.8 Å². The van der Waals surface area contributed by atoms with Crippen molar-refractivity contribution >= 4 is 0 Å². The third-order valence-electron chi connectivity index (χ3n) is 0.744. The van der Waals surface area contributed by atoms with Gasteiger partial charge in [-0.1, -0.05) is 6.58 Å². The first-order chi connectivity index (χ1) is 4.06. The first-order valence-corrected chi connectivity index (χ1v) is 3.04. The van der Waals surface area contributed by atoms with Crippen LogP contribution in [-0.4, -0.2) is 12.2 Å². The van der Waals surface area contributed by atoms with E-state index in [0.717, 1.165) is 0 Å². The zero-order valence-electron chi connectivity index (χ0n) is 6.40. The molecule has 0 N–H and O–H groups in total. The summed E-state index contributed by atoms with van der Waals surface area (Å²) >= 11 is 0. The minimum Gasteiger partial charge on any atom is -0.371 e. The summed E-state index contributed by atoms with van der Waals surface area (Å²) in [4.78, 5) is 0. The predicted octanol–water partition coefficient (Wildman–Crippen LogP) is 2.14. The SMILES string of the molecule is C=C=CCOC(C)(C)C. The van der Waals surface area contributed by atoms with Crippen molar-refractivity contribution in [3.8, 4) is 0 Å². The molecule has 0 aromatic rings. The van der Waals surface area contributed by atoms with Gasteiger partial charge in [0.05, 0.1) is 12.2 Å². The molecule has 0 spiro atoms. The lowest BCUT2D eigenvalue weighted by Gasteiger charge is -2.17. The van der Waals surface area contributed by atoms with E-state index in [4.69, 9.17) is 4.74 Å². The molecule has 0 aliphatic carbocycles. The standard InChI is InChI=1S/C8H14O/c1-5-6-7-9-8(2,3)4/h6H,1,7H2,2-4H3. The van der Waals surface area contributed by atoms with Gasteiger partial charge in [0.2, 0.25) is 0 Å². The van der Waals surface area contributed by atoms with Crippen LogP contribution in [0.4, 0.5) is 0 Å². The Morgan fingerprint density at radius 1 is 1.56 bits per heavy atom. The molecule has 0 aromatic heterocycles. The molecule has 0 aliphatic rings. The highest BCUT2D eigenvalue weighted by molar-refractivity contribution is 4.76. The first kappa shape index (κ1) is 8.48. The number of hydrogen-bond acceptors (Lipinski definition) is 1. The Labute approximate surface area is 57.0 Å². The van der Waals surface area contributed by atoms with Gasteiger partial charge in [-0.25, -0.2) is 0 Å². The lowest BCUT2D eigenvalue weighted by Crippen LogP contribution is -2.18. The van der Waals surface area contributed by atoms with Crippen LogP contribution in [0.2, 0.25) is 0 Å². The average molecular weight is 126 g/mol. The Hall–Kier alpha value is -0.520. The summed E-state index contributed by atoms with van der Waals surface area (Å²) in [6.07, 6.45) is 1.77. The Morgan fingerprint density at radius 3 is 2.44 bits per heavy atom. The molecular weight excluding hydrogens is 112 g/mol. The normalized spacial score (nSPS) is 10.6. The summed E-state index contributed by atoms with van der Waals surface area (Å²) in [6.45, 7) is 10.1. The van der Waals surface area contributed by atoms with Crippen molar-refractivity contribution in [3.05, 3.63) is 18.4 Å². The van der Waals surface area contributed by atoms with E-state index in [1.807, 2.05) is 20.8 Å². The summed E-state index contributed by atoms with van der Waals surface area (Å²) in [5.74, 6) is 0. The van der Waals surface area contributed by atoms with Crippen molar-refractivity contribution < 1.29 is 4.74 Å². The molecule has 0 fully saturated rings. The zero-order valence-corrected chi connectivity index (χ0v) is 6.40. The molecule has 1 heteroatoms. The van der Waals surface area contributed by atoms with Gasteiger partial charge in [0.15, 0.2) is 0 Å². The molecule has 0 amide bonds. The molecule has 0 atom stereocenters. The highest BCUT2D eigenvalue weighted by atomic mass is 16.5. The van der Waals surface area contributed by atoms with E-state index in [-0.39, 0.29) is 5.60 Å². The second-order valence-electron chi connectivity index (χ2n) is 2.83. The second kappa shape index (κ2) is 3.49. The highest BCUT2D eigenvalue weighted by Crippen LogP contribution is 2.05. The zero-order chi connectivity index (χ0) is 7.33. The third-order valence-corrected chi connectivity index (χ3v) is 0.744. The maximum Gasteiger partial charge on any atom is 0.0728 e. The lowest BCUT2D eigenvalue weighted by atomic mass is 10.2. The van der Waals surface area contributed by atoms with Crippen LogP contribution in [0.15, 0.2) is 18.4 Å². The number of rotatable bonds is 2. The molecule has 0 saturated heterocycles. The van der Waals surface area contributed by atoms with Crippen LogP contribution in [0, 0.1) is 0 Å². The lowest BCUT2D eigenvalue weighted by molar-refractivity contribution is 0.0150. The average Bonchev–Trinajstić information content (AvgIpc) is 1.63. The van der Waals surface area contributed by atoms with Gasteiger partial charge in [-0.3, -0.25) is 0 Å². The number of ether oxygens (including phenoxy) is 1. The second-order valence-corrected chi connectivity index (χ2v) is 2.83. The van der Waals surface area contributed by atoms with Crippen molar-refractivity contribution in [1.29, 1.82) is 0 Å². The fraction of sp³-hybridized carbons (Fsp3) is 0.625. The van der Waals surface area contributed by atoms with Crippen LogP contribution in [0.25, 0.3) is 0 Å². The van der Waals surface area contributed by atoms with Crippen LogP contribution < -0.4 is 0 Å². The molecule has 1 nitrogen and oxygen atoms in total. The van der Waals surface area contributed by atoms with Crippen molar-refractivity contribution in [1.82, 2.24) is 0 Å². The molecule has 0 unspecified atom stereocenters. The van der Waals surface area contributed by atoms with Gasteiger partial charge < -0.3 is 4.74 Å². The first-order valence-electron chi connectivity index (χ1n) is 3.04. The van der Waals surface area contributed by atoms with Gasteiger partial charge in [-0.2, -0.15) is 0 Å². The summed E-state index contributed by atoms with van der Waals surface area (Å²) in [5, 5.41) is 0. The molecule has 9 heavy (non-hydrogen) atoms. The summed E-state index contributed by atoms with van der Waals surface area (Å²) in [6, 6.07) is 0. The quantitative estimate of drug-likeness (QED) is 0.515. The predicted molar refractivity (Wildman–Crippen MR) is 39.4 cm³/mol. The van der Waals surface area contributed by atoms with Crippen LogP contribution in [0.5, 0.6) is 0 Å². The van der Waals surface area contributed by atoms with Crippen molar-refractivity contribution in [2.24, 2.45) is 0 Å². The maximum atomic E-state index is 5.31. The highest BCUT2D eigenvalue weighted by Gasteiger charge is 2.07. The Balaban J connectivity index is 3.39. The Kier molecular flexibility index (Phi) is 3.29. The molecule has 0 saturated carbocycles. The third kappa shape index (κ3) is 7.48. The molecule has 0 rings (SSSR count). The van der Waals surface area contributed by atoms with E-state index >= 15 is 0 Å². The van der Waals surface area contributed by atoms with E-state index in [1.165, 1.54) is 0 Å². The van der Waals surface area contributed by atoms with E-state index in [9.17, 15) is 0 Å². The van der Waals surface area contributed by atoms with E-state index in [2.05, 4.69) is 12.3 Å². The molecule has 0 aliphatic heterocycles. The van der Waals surface area contributed by atoms with E-state index in [0.29, 0.717) is 6.61 Å². The minimum atomic E-state index is -0.0483. The van der Waals surface area contributed by atoms with Crippen molar-refractivity contribution in [2.45, 2.75) is 26.4 Å². The van der Waals surface area contributed by atoms with Gasteiger partial charge >= 0.3 is 0 Å². The smallest absolute Gasteiger partial charge is 0.0728 e. The molecular formula is C8H14O. The maximum absolute atomic E-state index is 5.31. The molecule has 52 valence electrons. The van der Waals surface area contributed by atoms with Crippen LogP contribution in [0.3, 0.4) is 0 Å². The summed E-state index contributed by atoms with van der Waals surface area (Å²) in [7, 11) is 0. The van der Waals surface area contributed by atoms with Gasteiger partial charge in [0, 0.05) is 0 Å². The fourth-order valence-corrected chi connectivity index (χ4v) is 0.351. The number of hydrogen-bond donors (Lipinski definition) is 0. The van der Waals surface area contributed by atoms with Crippen molar-refractivity contribution in [3.63, 3.8) is 0 Å². The monoisotopic (exact) mass is 126 g/mol. The van der Waals surface area contributed by atoms with Gasteiger partial charge in [0.1, 0.15) is 0 Å². The van der Waals surface area contributed by atoms with Crippen molar-refractivity contribution in [2.75, 3.05) is 6.61 Å². The largest absolute Gasteiger partial charge is 0.371 e.